The van der Waals surface area contributed by atoms with Crippen LogP contribution in [0.5, 0.6) is 0 Å². The summed E-state index contributed by atoms with van der Waals surface area (Å²) in [5, 5.41) is 65.6. The fourth-order valence-electron chi connectivity index (χ4n) is 2.27. The van der Waals surface area contributed by atoms with Gasteiger partial charge in [0, 0.05) is 33.0 Å². The number of unbranched alkanes of at least 4 members (excludes halogenated alkanes) is 4. The summed E-state index contributed by atoms with van der Waals surface area (Å²) in [6.07, 6.45) is 4.21. The highest BCUT2D eigenvalue weighted by atomic mass is 16.5. The van der Waals surface area contributed by atoms with Crippen LogP contribution in [0.4, 0.5) is 0 Å². The quantitative estimate of drug-likeness (QED) is 0.0391. The lowest BCUT2D eigenvalue weighted by Gasteiger charge is -2.05. The third kappa shape index (κ3) is 56.9. The van der Waals surface area contributed by atoms with Crippen LogP contribution in [0, 0.1) is 0 Å². The minimum atomic E-state index is -1.08. The topological polar surface area (TPSA) is 292 Å². The zero-order chi connectivity index (χ0) is 35.1. The molecule has 17 nitrogen and oxygen atoms in total. The van der Waals surface area contributed by atoms with Crippen LogP contribution in [0.1, 0.15) is 89.9 Å². The minimum Gasteiger partial charge on any atom is -0.481 e. The van der Waals surface area contributed by atoms with Gasteiger partial charge in [-0.25, -0.2) is 0 Å². The molecule has 0 heterocycles. The van der Waals surface area contributed by atoms with E-state index in [1.54, 1.807) is 0 Å². The van der Waals surface area contributed by atoms with E-state index in [0.717, 1.165) is 12.8 Å². The molecule has 8 N–H and O–H groups in total. The Morgan fingerprint density at radius 2 is 0.533 bits per heavy atom. The van der Waals surface area contributed by atoms with Crippen molar-refractivity contribution in [3.05, 3.63) is 0 Å². The van der Waals surface area contributed by atoms with E-state index in [2.05, 4.69) is 4.74 Å². The summed E-state index contributed by atoms with van der Waals surface area (Å²) in [5.41, 5.74) is 0. The van der Waals surface area contributed by atoms with Crippen molar-refractivity contribution in [2.75, 3.05) is 52.9 Å². The van der Waals surface area contributed by atoms with E-state index in [9.17, 15) is 28.8 Å². The summed E-state index contributed by atoms with van der Waals surface area (Å²) in [5.74, 6) is -4.52. The van der Waals surface area contributed by atoms with Crippen LogP contribution in [0.15, 0.2) is 0 Å². The van der Waals surface area contributed by atoms with Gasteiger partial charge >= 0.3 is 35.8 Å². The number of esters is 3. The first-order valence-corrected chi connectivity index (χ1v) is 14.6. The molecule has 0 spiro atoms. The standard InChI is InChI=1S/C12H22O6.C8H14O5.C4H6O4.C4H10O2/c13-7-1-3-9-17-11(15)5-6-12(16)18-10-4-2-8-14;9-5-1-2-6-13-8(12)4-3-7(10)11;5-3(6)1-2-4(7)8;5-3-1-2-4-6/h13-14H,1-10H2;9H,1-6H2,(H,10,11);1-2H2,(H,5,6)(H,7,8);5-6H,1-4H2. The first-order chi connectivity index (χ1) is 21.4. The smallest absolute Gasteiger partial charge is 0.306 e. The van der Waals surface area contributed by atoms with Crippen LogP contribution in [0.2, 0.25) is 0 Å². The predicted molar refractivity (Wildman–Crippen MR) is 156 cm³/mol. The van der Waals surface area contributed by atoms with Crippen molar-refractivity contribution in [1.29, 1.82) is 0 Å². The molecule has 0 fully saturated rings. The van der Waals surface area contributed by atoms with Gasteiger partial charge in [0.15, 0.2) is 0 Å². The molecule has 0 saturated heterocycles. The molecule has 0 aromatic carbocycles. The number of aliphatic carboxylic acids is 3. The van der Waals surface area contributed by atoms with Crippen LogP contribution in [0.25, 0.3) is 0 Å². The number of hydrogen-bond donors (Lipinski definition) is 8. The molecule has 0 aromatic rings. The number of carboxylic acid groups (broad SMARTS) is 3. The maximum Gasteiger partial charge on any atom is 0.306 e. The fourth-order valence-corrected chi connectivity index (χ4v) is 2.27. The Bertz CT molecular complexity index is 701. The van der Waals surface area contributed by atoms with E-state index in [-0.39, 0.29) is 91.4 Å². The zero-order valence-corrected chi connectivity index (χ0v) is 25.8. The van der Waals surface area contributed by atoms with E-state index < -0.39 is 35.8 Å². The van der Waals surface area contributed by atoms with Gasteiger partial charge < -0.3 is 55.1 Å². The lowest BCUT2D eigenvalue weighted by atomic mass is 10.3. The molecule has 266 valence electrons. The normalized spacial score (nSPS) is 9.53. The molecular formula is C28H52O17. The summed E-state index contributed by atoms with van der Waals surface area (Å²) in [7, 11) is 0. The lowest BCUT2D eigenvalue weighted by Crippen LogP contribution is -2.11. The highest BCUT2D eigenvalue weighted by molar-refractivity contribution is 5.78. The van der Waals surface area contributed by atoms with E-state index in [0.29, 0.717) is 38.5 Å². The average Bonchev–Trinajstić information content (AvgIpc) is 3.00. The summed E-state index contributed by atoms with van der Waals surface area (Å²) in [4.78, 5) is 62.4. The second-order valence-corrected chi connectivity index (χ2v) is 8.79. The molecule has 0 saturated carbocycles. The van der Waals surface area contributed by atoms with E-state index in [1.165, 1.54) is 0 Å². The second kappa shape index (κ2) is 40.6. The van der Waals surface area contributed by atoms with Gasteiger partial charge in [0.25, 0.3) is 0 Å². The van der Waals surface area contributed by atoms with Gasteiger partial charge in [0.05, 0.1) is 58.3 Å². The molecule has 0 aliphatic rings. The van der Waals surface area contributed by atoms with Crippen molar-refractivity contribution in [1.82, 2.24) is 0 Å². The van der Waals surface area contributed by atoms with Gasteiger partial charge in [-0.15, -0.1) is 0 Å². The van der Waals surface area contributed by atoms with Gasteiger partial charge in [-0.3, -0.25) is 28.8 Å². The monoisotopic (exact) mass is 660 g/mol. The molecule has 17 heteroatoms. The van der Waals surface area contributed by atoms with E-state index in [1.807, 2.05) is 0 Å². The molecule has 0 unspecified atom stereocenters. The van der Waals surface area contributed by atoms with Crippen LogP contribution in [-0.4, -0.2) is 130 Å². The van der Waals surface area contributed by atoms with Crippen LogP contribution in [-0.2, 0) is 43.0 Å². The van der Waals surface area contributed by atoms with Crippen molar-refractivity contribution in [3.8, 4) is 0 Å². The Morgan fingerprint density at radius 1 is 0.333 bits per heavy atom. The molecule has 0 radical (unpaired) electrons. The molecule has 0 aliphatic heterocycles. The van der Waals surface area contributed by atoms with Crippen LogP contribution in [0.3, 0.4) is 0 Å². The highest BCUT2D eigenvalue weighted by Gasteiger charge is 2.09. The SMILES string of the molecule is O=C(CCC(=O)OCCCCO)OCCCCO.O=C(O)CCC(=O)O.O=C(O)CCC(=O)OCCCCO.OCCCCO. The fraction of sp³-hybridized carbons (Fsp3) is 0.786. The van der Waals surface area contributed by atoms with E-state index in [4.69, 9.17) is 50.3 Å². The van der Waals surface area contributed by atoms with Gasteiger partial charge in [0.1, 0.15) is 0 Å². The zero-order valence-electron chi connectivity index (χ0n) is 25.8. The Labute approximate surface area is 262 Å². The highest BCUT2D eigenvalue weighted by Crippen LogP contribution is 1.99. The summed E-state index contributed by atoms with van der Waals surface area (Å²) in [6.45, 7) is 1.41. The minimum absolute atomic E-state index is 0.0119. The molecule has 0 rings (SSSR count). The number of rotatable bonds is 24. The molecule has 0 bridgehead atoms. The maximum absolute atomic E-state index is 11.2. The summed E-state index contributed by atoms with van der Waals surface area (Å²) >= 11 is 0. The summed E-state index contributed by atoms with van der Waals surface area (Å²) < 4.78 is 14.4. The van der Waals surface area contributed by atoms with Crippen molar-refractivity contribution in [2.45, 2.75) is 89.9 Å². The number of carbonyl (C=O) groups is 6. The summed E-state index contributed by atoms with van der Waals surface area (Å²) in [6, 6.07) is 0. The Kier molecular flexibility index (Phi) is 43.8. The predicted octanol–water partition coefficient (Wildman–Crippen LogP) is 0.252. The maximum atomic E-state index is 11.2. The Morgan fingerprint density at radius 3 is 0.756 bits per heavy atom. The van der Waals surface area contributed by atoms with Gasteiger partial charge in [-0.05, 0) is 51.4 Å². The number of carboxylic acids is 3. The third-order valence-corrected chi connectivity index (χ3v) is 4.64. The first kappa shape index (κ1) is 48.5. The van der Waals surface area contributed by atoms with Crippen molar-refractivity contribution in [3.63, 3.8) is 0 Å². The van der Waals surface area contributed by atoms with Crippen LogP contribution < -0.4 is 0 Å². The average molecular weight is 661 g/mol. The third-order valence-electron chi connectivity index (χ3n) is 4.64. The number of carbonyl (C=O) groups excluding carboxylic acids is 3. The number of hydrogen-bond acceptors (Lipinski definition) is 14. The van der Waals surface area contributed by atoms with E-state index >= 15 is 0 Å². The van der Waals surface area contributed by atoms with Gasteiger partial charge in [-0.2, -0.15) is 0 Å². The molecule has 0 atom stereocenters. The van der Waals surface area contributed by atoms with Gasteiger partial charge in [-0.1, -0.05) is 0 Å². The second-order valence-electron chi connectivity index (χ2n) is 8.79. The number of ether oxygens (including phenoxy) is 3. The van der Waals surface area contributed by atoms with Gasteiger partial charge in [0.2, 0.25) is 0 Å². The van der Waals surface area contributed by atoms with Crippen LogP contribution >= 0.6 is 0 Å². The molecule has 0 aromatic heterocycles. The Hall–Kier alpha value is -3.38. The van der Waals surface area contributed by atoms with Crippen molar-refractivity contribution in [2.24, 2.45) is 0 Å². The largest absolute Gasteiger partial charge is 0.481 e. The van der Waals surface area contributed by atoms with Crippen molar-refractivity contribution < 1.29 is 83.8 Å². The number of aliphatic hydroxyl groups excluding tert-OH is 5. The molecular weight excluding hydrogens is 608 g/mol. The lowest BCUT2D eigenvalue weighted by molar-refractivity contribution is -0.150. The Balaban J connectivity index is -0.000000271. The molecule has 0 aliphatic carbocycles. The molecule has 45 heavy (non-hydrogen) atoms. The van der Waals surface area contributed by atoms with Crippen molar-refractivity contribution >= 4 is 35.8 Å². The number of aliphatic hydroxyl groups is 5. The molecule has 0 amide bonds. The first-order valence-electron chi connectivity index (χ1n) is 14.6.